The van der Waals surface area contributed by atoms with Crippen molar-refractivity contribution in [2.75, 3.05) is 20.3 Å². The Morgan fingerprint density at radius 1 is 1.34 bits per heavy atom. The third-order valence-corrected chi connectivity index (χ3v) is 4.73. The summed E-state index contributed by atoms with van der Waals surface area (Å²) in [6.45, 7) is 7.23. The minimum absolute atomic E-state index is 0.0286. The van der Waals surface area contributed by atoms with E-state index in [9.17, 15) is 14.7 Å². The Bertz CT molecular complexity index is 895. The Morgan fingerprint density at radius 2 is 2.07 bits per heavy atom. The van der Waals surface area contributed by atoms with Gasteiger partial charge in [0.25, 0.3) is 5.91 Å². The van der Waals surface area contributed by atoms with Gasteiger partial charge >= 0.3 is 5.97 Å². The van der Waals surface area contributed by atoms with Crippen LogP contribution in [0.2, 0.25) is 0 Å². The van der Waals surface area contributed by atoms with Crippen LogP contribution >= 0.6 is 0 Å². The maximum Gasteiger partial charge on any atom is 0.326 e. The molecule has 1 amide bonds. The van der Waals surface area contributed by atoms with E-state index in [1.807, 2.05) is 13.0 Å². The average molecular weight is 401 g/mol. The van der Waals surface area contributed by atoms with Crippen molar-refractivity contribution in [2.24, 2.45) is 0 Å². The molecule has 0 spiro atoms. The van der Waals surface area contributed by atoms with Crippen LogP contribution < -0.4 is 4.74 Å². The largest absolute Gasteiger partial charge is 0.507 e. The van der Waals surface area contributed by atoms with Crippen molar-refractivity contribution < 1.29 is 28.9 Å². The van der Waals surface area contributed by atoms with Gasteiger partial charge in [-0.05, 0) is 51.5 Å². The number of hydrogen-bond acceptors (Lipinski definition) is 6. The number of carbonyl (C=O) groups excluding carboxylic acids is 2. The van der Waals surface area contributed by atoms with Gasteiger partial charge in [0.15, 0.2) is 0 Å². The van der Waals surface area contributed by atoms with Crippen LogP contribution in [0, 0.1) is 0 Å². The van der Waals surface area contributed by atoms with Gasteiger partial charge in [0.2, 0.25) is 0 Å². The molecule has 29 heavy (non-hydrogen) atoms. The van der Waals surface area contributed by atoms with Crippen molar-refractivity contribution in [3.05, 3.63) is 47.2 Å². The second-order valence-corrected chi connectivity index (χ2v) is 8.41. The number of methoxy groups -OCH3 is 1. The lowest BCUT2D eigenvalue weighted by Crippen LogP contribution is -2.46. The van der Waals surface area contributed by atoms with E-state index in [0.717, 1.165) is 5.57 Å². The van der Waals surface area contributed by atoms with Gasteiger partial charge in [-0.15, -0.1) is 0 Å². The molecule has 1 N–H and O–H groups in total. The Labute approximate surface area is 170 Å². The third-order valence-electron chi connectivity index (χ3n) is 4.73. The van der Waals surface area contributed by atoms with Gasteiger partial charge in [-0.2, -0.15) is 0 Å². The second-order valence-electron chi connectivity index (χ2n) is 8.41. The van der Waals surface area contributed by atoms with E-state index in [0.29, 0.717) is 18.7 Å². The molecular formula is C22H27NO6. The normalized spacial score (nSPS) is 21.3. The summed E-state index contributed by atoms with van der Waals surface area (Å²) in [6.07, 6.45) is 4.26. The Morgan fingerprint density at radius 3 is 2.72 bits per heavy atom. The number of hydrogen-bond donors (Lipinski definition) is 1. The molecule has 3 rings (SSSR count). The first-order valence-corrected chi connectivity index (χ1v) is 9.49. The van der Waals surface area contributed by atoms with Gasteiger partial charge in [0, 0.05) is 13.5 Å². The molecule has 1 aromatic carbocycles. The highest BCUT2D eigenvalue weighted by molar-refractivity contribution is 6.02. The van der Waals surface area contributed by atoms with Crippen LogP contribution in [0.15, 0.2) is 41.6 Å². The predicted molar refractivity (Wildman–Crippen MR) is 107 cm³/mol. The van der Waals surface area contributed by atoms with Crippen LogP contribution in [0.5, 0.6) is 11.5 Å². The summed E-state index contributed by atoms with van der Waals surface area (Å²) in [6, 6.07) is 4.68. The first kappa shape index (κ1) is 20.9. The van der Waals surface area contributed by atoms with Crippen LogP contribution in [0.3, 0.4) is 0 Å². The standard InChI is InChI=1S/C22H27NO6/c1-21(2,3)29-18(25)12-23-17-11-14(13-27-5)9-10-22(17,4)28-16-8-6-7-15(24)19(16)20(23)26/h6-9,11,24H,10,12-13H2,1-5H3. The van der Waals surface area contributed by atoms with E-state index in [2.05, 4.69) is 0 Å². The fraction of sp³-hybridized carbons (Fsp3) is 0.455. The van der Waals surface area contributed by atoms with Gasteiger partial charge in [0.05, 0.1) is 12.3 Å². The molecule has 1 aliphatic carbocycles. The van der Waals surface area contributed by atoms with Crippen molar-refractivity contribution in [2.45, 2.75) is 45.3 Å². The Balaban J connectivity index is 2.09. The molecule has 7 nitrogen and oxygen atoms in total. The van der Waals surface area contributed by atoms with E-state index in [-0.39, 0.29) is 23.6 Å². The molecular weight excluding hydrogens is 374 g/mol. The Hall–Kier alpha value is -2.80. The molecule has 1 unspecified atom stereocenters. The molecule has 2 aliphatic rings. The number of nitrogens with zero attached hydrogens (tertiary/aromatic N) is 1. The summed E-state index contributed by atoms with van der Waals surface area (Å²) < 4.78 is 16.9. The topological polar surface area (TPSA) is 85.3 Å². The highest BCUT2D eigenvalue weighted by Gasteiger charge is 2.44. The summed E-state index contributed by atoms with van der Waals surface area (Å²) in [4.78, 5) is 27.3. The number of esters is 1. The van der Waals surface area contributed by atoms with Gasteiger partial charge in [-0.25, -0.2) is 0 Å². The smallest absolute Gasteiger partial charge is 0.326 e. The highest BCUT2D eigenvalue weighted by atomic mass is 16.6. The fourth-order valence-electron chi connectivity index (χ4n) is 3.51. The summed E-state index contributed by atoms with van der Waals surface area (Å²) in [5, 5.41) is 10.3. The van der Waals surface area contributed by atoms with E-state index in [1.165, 1.54) is 11.0 Å². The number of benzene rings is 1. The number of phenols is 1. The number of phenolic OH excluding ortho intramolecular Hbond substituents is 1. The molecule has 0 saturated heterocycles. The SMILES string of the molecule is COCC1=CCC2(C)Oc3cccc(O)c3C(=O)N(CC(=O)OC(C)(C)C)C2=C1. The van der Waals surface area contributed by atoms with Gasteiger partial charge in [-0.3, -0.25) is 14.5 Å². The average Bonchev–Trinajstić information content (AvgIpc) is 2.68. The molecule has 0 bridgehead atoms. The lowest BCUT2D eigenvalue weighted by molar-refractivity contribution is -0.155. The highest BCUT2D eigenvalue weighted by Crippen LogP contribution is 2.42. The van der Waals surface area contributed by atoms with Gasteiger partial charge < -0.3 is 19.3 Å². The van der Waals surface area contributed by atoms with E-state index < -0.39 is 23.1 Å². The van der Waals surface area contributed by atoms with Crippen LogP contribution in [0.1, 0.15) is 44.5 Å². The predicted octanol–water partition coefficient (Wildman–Crippen LogP) is 3.19. The second kappa shape index (κ2) is 7.55. The first-order chi connectivity index (χ1) is 13.5. The molecule has 0 radical (unpaired) electrons. The molecule has 0 aromatic heterocycles. The lowest BCUT2D eigenvalue weighted by atomic mass is 9.89. The summed E-state index contributed by atoms with van der Waals surface area (Å²) in [7, 11) is 1.59. The zero-order valence-corrected chi connectivity index (χ0v) is 17.4. The molecule has 1 atom stereocenters. The molecule has 1 aromatic rings. The molecule has 7 heteroatoms. The van der Waals surface area contributed by atoms with E-state index >= 15 is 0 Å². The van der Waals surface area contributed by atoms with E-state index in [4.69, 9.17) is 14.2 Å². The number of carbonyl (C=O) groups is 2. The van der Waals surface area contributed by atoms with E-state index in [1.54, 1.807) is 46.1 Å². The number of ether oxygens (including phenoxy) is 3. The van der Waals surface area contributed by atoms with Gasteiger partial charge in [-0.1, -0.05) is 12.1 Å². The number of fused-ring (bicyclic) bond motifs is 2. The van der Waals surface area contributed by atoms with Gasteiger partial charge in [0.1, 0.15) is 34.8 Å². The van der Waals surface area contributed by atoms with Crippen molar-refractivity contribution in [1.29, 1.82) is 0 Å². The third kappa shape index (κ3) is 4.29. The van der Waals surface area contributed by atoms with Crippen LogP contribution in [-0.4, -0.2) is 53.3 Å². The molecule has 0 saturated carbocycles. The van der Waals surface area contributed by atoms with Crippen molar-refractivity contribution in [3.63, 3.8) is 0 Å². The number of rotatable bonds is 4. The summed E-state index contributed by atoms with van der Waals surface area (Å²) in [5.74, 6) is -0.985. The molecule has 0 fully saturated rings. The molecule has 1 heterocycles. The number of amides is 1. The quantitative estimate of drug-likeness (QED) is 0.780. The number of aromatic hydroxyl groups is 1. The zero-order chi connectivity index (χ0) is 21.4. The minimum atomic E-state index is -0.895. The van der Waals surface area contributed by atoms with Crippen LogP contribution in [0.4, 0.5) is 0 Å². The van der Waals surface area contributed by atoms with Crippen molar-refractivity contribution in [3.8, 4) is 11.5 Å². The zero-order valence-electron chi connectivity index (χ0n) is 17.4. The fourth-order valence-corrected chi connectivity index (χ4v) is 3.51. The summed E-state index contributed by atoms with van der Waals surface area (Å²) in [5.41, 5.74) is -0.151. The summed E-state index contributed by atoms with van der Waals surface area (Å²) >= 11 is 0. The minimum Gasteiger partial charge on any atom is -0.507 e. The Kier molecular flexibility index (Phi) is 5.45. The van der Waals surface area contributed by atoms with Crippen LogP contribution in [-0.2, 0) is 14.3 Å². The first-order valence-electron chi connectivity index (χ1n) is 9.49. The van der Waals surface area contributed by atoms with Crippen molar-refractivity contribution >= 4 is 11.9 Å². The molecule has 1 aliphatic heterocycles. The maximum absolute atomic E-state index is 13.4. The molecule has 156 valence electrons. The van der Waals surface area contributed by atoms with Crippen LogP contribution in [0.25, 0.3) is 0 Å². The lowest BCUT2D eigenvalue weighted by Gasteiger charge is -2.37. The maximum atomic E-state index is 13.4. The van der Waals surface area contributed by atoms with Crippen molar-refractivity contribution in [1.82, 2.24) is 4.90 Å². The monoisotopic (exact) mass is 401 g/mol.